The van der Waals surface area contributed by atoms with E-state index in [0.29, 0.717) is 31.2 Å². The number of hydrogen-bond donors (Lipinski definition) is 1. The van der Waals surface area contributed by atoms with Crippen molar-refractivity contribution in [2.45, 2.75) is 38.3 Å². The molecule has 0 spiro atoms. The normalized spacial score (nSPS) is 27.3. The number of likely N-dealkylation sites (tertiary alicyclic amines) is 1. The minimum atomic E-state index is -3.73. The second-order valence-electron chi connectivity index (χ2n) is 7.23. The molecular formula is C18H27N3O4S. The number of nitrogens with one attached hydrogen (secondary N) is 1. The highest BCUT2D eigenvalue weighted by Gasteiger charge is 2.42. The highest BCUT2D eigenvalue weighted by Crippen LogP contribution is 2.31. The van der Waals surface area contributed by atoms with Crippen LogP contribution in [0.1, 0.15) is 37.8 Å². The number of carbonyl (C=O) groups is 1. The average molecular weight is 381 g/mol. The first-order valence-corrected chi connectivity index (χ1v) is 10.4. The summed E-state index contributed by atoms with van der Waals surface area (Å²) in [6.45, 7) is 3.57. The number of rotatable bonds is 3. The fourth-order valence-corrected chi connectivity index (χ4v) is 4.88. The van der Waals surface area contributed by atoms with Gasteiger partial charge in [-0.1, -0.05) is 19.1 Å². The second-order valence-corrected chi connectivity index (χ2v) is 8.99. The first kappa shape index (κ1) is 19.1. The molecule has 2 aliphatic heterocycles. The van der Waals surface area contributed by atoms with Gasteiger partial charge in [-0.25, -0.2) is 0 Å². The van der Waals surface area contributed by atoms with E-state index >= 15 is 0 Å². The minimum Gasteiger partial charge on any atom is -0.497 e. The van der Waals surface area contributed by atoms with Gasteiger partial charge in [-0.15, -0.1) is 0 Å². The van der Waals surface area contributed by atoms with E-state index in [1.807, 2.05) is 29.2 Å². The fourth-order valence-electron chi connectivity index (χ4n) is 3.61. The molecule has 0 bridgehead atoms. The Hall–Kier alpha value is -1.64. The van der Waals surface area contributed by atoms with E-state index in [1.54, 1.807) is 7.11 Å². The molecule has 0 aliphatic carbocycles. The molecule has 144 valence electrons. The van der Waals surface area contributed by atoms with Gasteiger partial charge >= 0.3 is 0 Å². The Balaban J connectivity index is 1.83. The molecule has 8 heteroatoms. The molecule has 1 aromatic rings. The Labute approximate surface area is 155 Å². The first-order valence-electron chi connectivity index (χ1n) is 9.00. The van der Waals surface area contributed by atoms with Crippen molar-refractivity contribution >= 4 is 16.1 Å². The van der Waals surface area contributed by atoms with Crippen LogP contribution in [0.5, 0.6) is 5.75 Å². The van der Waals surface area contributed by atoms with Gasteiger partial charge in [0.1, 0.15) is 11.8 Å². The lowest BCUT2D eigenvalue weighted by Gasteiger charge is -2.40. The van der Waals surface area contributed by atoms with Gasteiger partial charge < -0.3 is 9.64 Å². The van der Waals surface area contributed by atoms with E-state index in [1.165, 1.54) is 11.4 Å². The Kier molecular flexibility index (Phi) is 5.55. The maximum Gasteiger partial charge on any atom is 0.280 e. The van der Waals surface area contributed by atoms with Gasteiger partial charge in [0, 0.05) is 20.1 Å². The highest BCUT2D eigenvalue weighted by atomic mass is 32.2. The number of amides is 1. The molecule has 0 aromatic heterocycles. The number of benzene rings is 1. The quantitative estimate of drug-likeness (QED) is 0.861. The van der Waals surface area contributed by atoms with Crippen LogP contribution in [0.4, 0.5) is 0 Å². The van der Waals surface area contributed by atoms with Crippen molar-refractivity contribution in [3.8, 4) is 5.75 Å². The Morgan fingerprint density at radius 3 is 2.62 bits per heavy atom. The monoisotopic (exact) mass is 381 g/mol. The van der Waals surface area contributed by atoms with Crippen molar-refractivity contribution in [2.24, 2.45) is 5.92 Å². The summed E-state index contributed by atoms with van der Waals surface area (Å²) in [5.74, 6) is 1.17. The molecule has 26 heavy (non-hydrogen) atoms. The number of piperidine rings is 1. The van der Waals surface area contributed by atoms with Crippen molar-refractivity contribution in [1.29, 1.82) is 0 Å². The number of hydrogen-bond acceptors (Lipinski definition) is 4. The molecule has 1 aromatic carbocycles. The van der Waals surface area contributed by atoms with Crippen molar-refractivity contribution < 1.29 is 17.9 Å². The van der Waals surface area contributed by atoms with Crippen LogP contribution in [-0.4, -0.2) is 56.8 Å². The van der Waals surface area contributed by atoms with Gasteiger partial charge in [0.25, 0.3) is 10.2 Å². The van der Waals surface area contributed by atoms with Crippen LogP contribution in [-0.2, 0) is 15.0 Å². The molecule has 0 radical (unpaired) electrons. The van der Waals surface area contributed by atoms with Gasteiger partial charge in [0.2, 0.25) is 5.91 Å². The minimum absolute atomic E-state index is 0.0997. The number of carbonyl (C=O) groups excluding carboxylic acids is 1. The van der Waals surface area contributed by atoms with Gasteiger partial charge in [-0.05, 0) is 42.9 Å². The second kappa shape index (κ2) is 7.54. The van der Waals surface area contributed by atoms with E-state index in [2.05, 4.69) is 11.6 Å². The lowest BCUT2D eigenvalue weighted by molar-refractivity contribution is -0.137. The molecule has 3 rings (SSSR count). The molecule has 0 unspecified atom stereocenters. The lowest BCUT2D eigenvalue weighted by Crippen LogP contribution is -2.58. The molecule has 0 saturated carbocycles. The highest BCUT2D eigenvalue weighted by molar-refractivity contribution is 7.87. The summed E-state index contributed by atoms with van der Waals surface area (Å²) in [6.07, 6.45) is 2.33. The third-order valence-corrected chi connectivity index (χ3v) is 7.04. The predicted molar refractivity (Wildman–Crippen MR) is 98.9 cm³/mol. The van der Waals surface area contributed by atoms with E-state index in [-0.39, 0.29) is 5.91 Å². The third kappa shape index (κ3) is 3.87. The SMILES string of the molecule is COc1cccc([C@H]2C[C@@H](C(=O)N3CCC(C)CC3)N(C)S(=O)(=O)N2)c1. The Morgan fingerprint density at radius 2 is 1.96 bits per heavy atom. The van der Waals surface area contributed by atoms with Gasteiger partial charge in [-0.3, -0.25) is 4.79 Å². The summed E-state index contributed by atoms with van der Waals surface area (Å²) in [5, 5.41) is 0. The Morgan fingerprint density at radius 1 is 1.27 bits per heavy atom. The lowest BCUT2D eigenvalue weighted by atomic mass is 9.96. The maximum absolute atomic E-state index is 13.0. The summed E-state index contributed by atoms with van der Waals surface area (Å²) in [7, 11) is -0.684. The summed E-state index contributed by atoms with van der Waals surface area (Å²) in [6, 6.07) is 6.15. The van der Waals surface area contributed by atoms with Crippen LogP contribution in [0.3, 0.4) is 0 Å². The van der Waals surface area contributed by atoms with Crippen LogP contribution in [0.2, 0.25) is 0 Å². The zero-order valence-corrected chi connectivity index (χ0v) is 16.3. The topological polar surface area (TPSA) is 79.0 Å². The smallest absolute Gasteiger partial charge is 0.280 e. The largest absolute Gasteiger partial charge is 0.497 e. The number of nitrogens with zero attached hydrogens (tertiary/aromatic N) is 2. The average Bonchev–Trinajstić information content (AvgIpc) is 2.64. The molecular weight excluding hydrogens is 354 g/mol. The summed E-state index contributed by atoms with van der Waals surface area (Å²) in [4.78, 5) is 14.8. The molecule has 2 heterocycles. The maximum atomic E-state index is 13.0. The van der Waals surface area contributed by atoms with Gasteiger partial charge in [-0.2, -0.15) is 17.4 Å². The zero-order chi connectivity index (χ0) is 18.9. The van der Waals surface area contributed by atoms with Crippen LogP contribution < -0.4 is 9.46 Å². The molecule has 2 atom stereocenters. The van der Waals surface area contributed by atoms with Crippen molar-refractivity contribution in [1.82, 2.24) is 13.9 Å². The van der Waals surface area contributed by atoms with Crippen LogP contribution >= 0.6 is 0 Å². The summed E-state index contributed by atoms with van der Waals surface area (Å²) < 4.78 is 34.2. The molecule has 1 amide bonds. The van der Waals surface area contributed by atoms with E-state index in [9.17, 15) is 13.2 Å². The molecule has 2 saturated heterocycles. The van der Waals surface area contributed by atoms with E-state index in [4.69, 9.17) is 4.74 Å². The van der Waals surface area contributed by atoms with E-state index < -0.39 is 22.3 Å². The third-order valence-electron chi connectivity index (χ3n) is 5.44. The van der Waals surface area contributed by atoms with Gasteiger partial charge in [0.15, 0.2) is 0 Å². The predicted octanol–water partition coefficient (Wildman–Crippen LogP) is 1.53. The number of ether oxygens (including phenoxy) is 1. The molecule has 1 N–H and O–H groups in total. The first-order chi connectivity index (χ1) is 12.3. The van der Waals surface area contributed by atoms with Crippen LogP contribution in [0, 0.1) is 5.92 Å². The van der Waals surface area contributed by atoms with Crippen LogP contribution in [0.15, 0.2) is 24.3 Å². The fraction of sp³-hybridized carbons (Fsp3) is 0.611. The van der Waals surface area contributed by atoms with Crippen molar-refractivity contribution in [2.75, 3.05) is 27.2 Å². The van der Waals surface area contributed by atoms with Crippen molar-refractivity contribution in [3.05, 3.63) is 29.8 Å². The number of likely N-dealkylation sites (N-methyl/N-ethyl adjacent to an activating group) is 1. The number of methoxy groups -OCH3 is 1. The standard InChI is InChI=1S/C18H27N3O4S/c1-13-7-9-21(10-8-13)18(22)17-12-16(19-26(23,24)20(17)2)14-5-4-6-15(11-14)25-3/h4-6,11,13,16-17,19H,7-10,12H2,1-3H3/t16-,17+/m1/s1. The van der Waals surface area contributed by atoms with Gasteiger partial charge in [0.05, 0.1) is 13.2 Å². The summed E-state index contributed by atoms with van der Waals surface area (Å²) in [5.41, 5.74) is 0.797. The Bertz CT molecular complexity index is 759. The van der Waals surface area contributed by atoms with Crippen molar-refractivity contribution in [3.63, 3.8) is 0 Å². The molecule has 7 nitrogen and oxygen atoms in total. The van der Waals surface area contributed by atoms with Crippen LogP contribution in [0.25, 0.3) is 0 Å². The zero-order valence-electron chi connectivity index (χ0n) is 15.5. The van der Waals surface area contributed by atoms with E-state index in [0.717, 1.165) is 18.4 Å². The molecule has 2 fully saturated rings. The molecule has 2 aliphatic rings. The summed E-state index contributed by atoms with van der Waals surface area (Å²) >= 11 is 0.